The van der Waals surface area contributed by atoms with E-state index in [0.29, 0.717) is 11.8 Å². The molecule has 1 aromatic carbocycles. The topological polar surface area (TPSA) is 54.7 Å². The van der Waals surface area contributed by atoms with Gasteiger partial charge in [-0.05, 0) is 49.4 Å². The summed E-state index contributed by atoms with van der Waals surface area (Å²) in [6.07, 6.45) is 3.18. The number of hydrogen-bond acceptors (Lipinski definition) is 2. The van der Waals surface area contributed by atoms with Crippen molar-refractivity contribution in [3.05, 3.63) is 29.0 Å². The van der Waals surface area contributed by atoms with E-state index >= 15 is 0 Å². The molecule has 0 aliphatic carbocycles. The molecule has 0 spiro atoms. The van der Waals surface area contributed by atoms with Crippen molar-refractivity contribution >= 4 is 22.6 Å². The molecule has 1 atom stereocenters. The fourth-order valence-corrected chi connectivity index (χ4v) is 2.67. The van der Waals surface area contributed by atoms with Crippen molar-refractivity contribution in [3.8, 4) is 0 Å². The smallest absolute Gasteiger partial charge is 0.107 e. The monoisotopic (exact) mass is 279 g/mol. The summed E-state index contributed by atoms with van der Waals surface area (Å²) >= 11 is 5.98. The molecule has 0 fully saturated rings. The lowest BCUT2D eigenvalue weighted by atomic mass is 9.88. The number of rotatable bonds is 6. The Morgan fingerprint density at radius 2 is 2.11 bits per heavy atom. The van der Waals surface area contributed by atoms with Crippen molar-refractivity contribution in [1.82, 2.24) is 9.97 Å². The van der Waals surface area contributed by atoms with E-state index in [1.54, 1.807) is 0 Å². The van der Waals surface area contributed by atoms with Crippen molar-refractivity contribution in [1.29, 1.82) is 0 Å². The second kappa shape index (κ2) is 6.40. The SMILES string of the molecule is CC(C)C(CCN)CCc1nc2ccc(Cl)cc2[nH]1. The minimum absolute atomic E-state index is 0.668. The first-order chi connectivity index (χ1) is 9.10. The maximum atomic E-state index is 5.98. The minimum atomic E-state index is 0.668. The molecular weight excluding hydrogens is 258 g/mol. The van der Waals surface area contributed by atoms with Crippen LogP contribution in [-0.2, 0) is 6.42 Å². The number of fused-ring (bicyclic) bond motifs is 1. The van der Waals surface area contributed by atoms with Gasteiger partial charge in [-0.3, -0.25) is 0 Å². The number of nitrogens with zero attached hydrogens (tertiary/aromatic N) is 1. The molecule has 0 radical (unpaired) electrons. The highest BCUT2D eigenvalue weighted by Gasteiger charge is 2.13. The molecule has 3 nitrogen and oxygen atoms in total. The van der Waals surface area contributed by atoms with E-state index in [0.717, 1.165) is 47.7 Å². The van der Waals surface area contributed by atoms with Crippen molar-refractivity contribution in [3.63, 3.8) is 0 Å². The van der Waals surface area contributed by atoms with Gasteiger partial charge in [-0.15, -0.1) is 0 Å². The summed E-state index contributed by atoms with van der Waals surface area (Å²) in [7, 11) is 0. The van der Waals surface area contributed by atoms with Crippen LogP contribution in [0.2, 0.25) is 5.02 Å². The van der Waals surface area contributed by atoms with Gasteiger partial charge in [0.25, 0.3) is 0 Å². The molecule has 3 N–H and O–H groups in total. The van der Waals surface area contributed by atoms with Crippen LogP contribution in [0, 0.1) is 11.8 Å². The van der Waals surface area contributed by atoms with E-state index in [1.807, 2.05) is 18.2 Å². The number of nitrogens with one attached hydrogen (secondary N) is 1. The van der Waals surface area contributed by atoms with Gasteiger partial charge in [0.05, 0.1) is 11.0 Å². The number of H-pyrrole nitrogens is 1. The Hall–Kier alpha value is -1.06. The molecule has 0 aliphatic rings. The van der Waals surface area contributed by atoms with Gasteiger partial charge < -0.3 is 10.7 Å². The normalized spacial score (nSPS) is 13.3. The first-order valence-corrected chi connectivity index (χ1v) is 7.32. The van der Waals surface area contributed by atoms with Gasteiger partial charge in [0.15, 0.2) is 0 Å². The van der Waals surface area contributed by atoms with Gasteiger partial charge in [-0.2, -0.15) is 0 Å². The molecule has 1 aromatic heterocycles. The van der Waals surface area contributed by atoms with Crippen LogP contribution in [0.25, 0.3) is 11.0 Å². The third-order valence-electron chi connectivity index (χ3n) is 3.73. The minimum Gasteiger partial charge on any atom is -0.342 e. The summed E-state index contributed by atoms with van der Waals surface area (Å²) in [6.45, 7) is 5.29. The van der Waals surface area contributed by atoms with Crippen LogP contribution in [0.5, 0.6) is 0 Å². The molecule has 1 heterocycles. The highest BCUT2D eigenvalue weighted by atomic mass is 35.5. The Labute approximate surface area is 119 Å². The Kier molecular flexibility index (Phi) is 4.83. The summed E-state index contributed by atoms with van der Waals surface area (Å²) in [5, 5.41) is 0.742. The van der Waals surface area contributed by atoms with Gasteiger partial charge in [0.1, 0.15) is 5.82 Å². The van der Waals surface area contributed by atoms with Crippen LogP contribution >= 0.6 is 11.6 Å². The number of nitrogens with two attached hydrogens (primary N) is 1. The van der Waals surface area contributed by atoms with Crippen LogP contribution in [0.4, 0.5) is 0 Å². The molecule has 0 saturated carbocycles. The zero-order valence-corrected chi connectivity index (χ0v) is 12.4. The van der Waals surface area contributed by atoms with Crippen LogP contribution in [0.15, 0.2) is 18.2 Å². The predicted octanol–water partition coefficient (Wildman–Crippen LogP) is 3.77. The molecule has 2 aromatic rings. The lowest BCUT2D eigenvalue weighted by molar-refractivity contribution is 0.339. The van der Waals surface area contributed by atoms with E-state index in [4.69, 9.17) is 17.3 Å². The third kappa shape index (κ3) is 3.71. The molecule has 0 aliphatic heterocycles. The van der Waals surface area contributed by atoms with E-state index in [9.17, 15) is 0 Å². The molecule has 0 bridgehead atoms. The molecule has 2 rings (SSSR count). The van der Waals surface area contributed by atoms with Crippen LogP contribution in [0.3, 0.4) is 0 Å². The second-order valence-electron chi connectivity index (χ2n) is 5.47. The third-order valence-corrected chi connectivity index (χ3v) is 3.96. The molecule has 0 amide bonds. The number of benzene rings is 1. The largest absolute Gasteiger partial charge is 0.342 e. The van der Waals surface area contributed by atoms with E-state index in [2.05, 4.69) is 23.8 Å². The van der Waals surface area contributed by atoms with Crippen molar-refractivity contribution in [2.75, 3.05) is 6.54 Å². The summed E-state index contributed by atoms with van der Waals surface area (Å²) < 4.78 is 0. The average Bonchev–Trinajstić information content (AvgIpc) is 2.75. The first kappa shape index (κ1) is 14.4. The summed E-state index contributed by atoms with van der Waals surface area (Å²) in [6, 6.07) is 5.75. The van der Waals surface area contributed by atoms with Crippen LogP contribution in [-0.4, -0.2) is 16.5 Å². The summed E-state index contributed by atoms with van der Waals surface area (Å²) in [5.74, 6) is 2.38. The Balaban J connectivity index is 2.04. The lowest BCUT2D eigenvalue weighted by Gasteiger charge is -2.19. The highest BCUT2D eigenvalue weighted by molar-refractivity contribution is 6.31. The number of aromatic amines is 1. The number of imidazole rings is 1. The zero-order valence-electron chi connectivity index (χ0n) is 11.6. The van der Waals surface area contributed by atoms with Crippen LogP contribution in [0.1, 0.15) is 32.5 Å². The van der Waals surface area contributed by atoms with Crippen LogP contribution < -0.4 is 5.73 Å². The fourth-order valence-electron chi connectivity index (χ4n) is 2.50. The number of hydrogen-bond donors (Lipinski definition) is 2. The Morgan fingerprint density at radius 3 is 2.79 bits per heavy atom. The van der Waals surface area contributed by atoms with Crippen molar-refractivity contribution in [2.24, 2.45) is 17.6 Å². The van der Waals surface area contributed by atoms with E-state index < -0.39 is 0 Å². The van der Waals surface area contributed by atoms with Gasteiger partial charge in [-0.1, -0.05) is 25.4 Å². The quantitative estimate of drug-likeness (QED) is 0.846. The number of aromatic nitrogens is 2. The van der Waals surface area contributed by atoms with Gasteiger partial charge in [-0.25, -0.2) is 4.98 Å². The standard InChI is InChI=1S/C15H22ClN3/c1-10(2)11(7-8-17)3-6-15-18-13-5-4-12(16)9-14(13)19-15/h4-5,9-11H,3,6-8,17H2,1-2H3,(H,18,19). The maximum Gasteiger partial charge on any atom is 0.107 e. The molecule has 104 valence electrons. The molecule has 0 saturated heterocycles. The molecule has 19 heavy (non-hydrogen) atoms. The van der Waals surface area contributed by atoms with E-state index in [1.165, 1.54) is 0 Å². The average molecular weight is 280 g/mol. The summed E-state index contributed by atoms with van der Waals surface area (Å²) in [5.41, 5.74) is 7.68. The van der Waals surface area contributed by atoms with Gasteiger partial charge >= 0.3 is 0 Å². The Bertz CT molecular complexity index is 533. The fraction of sp³-hybridized carbons (Fsp3) is 0.533. The second-order valence-corrected chi connectivity index (χ2v) is 5.90. The maximum absolute atomic E-state index is 5.98. The Morgan fingerprint density at radius 1 is 1.32 bits per heavy atom. The summed E-state index contributed by atoms with van der Waals surface area (Å²) in [4.78, 5) is 7.95. The van der Waals surface area contributed by atoms with Crippen molar-refractivity contribution < 1.29 is 0 Å². The highest BCUT2D eigenvalue weighted by Crippen LogP contribution is 2.22. The van der Waals surface area contributed by atoms with Gasteiger partial charge in [0, 0.05) is 11.4 Å². The van der Waals surface area contributed by atoms with E-state index in [-0.39, 0.29) is 0 Å². The lowest BCUT2D eigenvalue weighted by Crippen LogP contribution is -2.15. The molecule has 4 heteroatoms. The number of aryl methyl sites for hydroxylation is 1. The van der Waals surface area contributed by atoms with Crippen molar-refractivity contribution in [2.45, 2.75) is 33.1 Å². The molecule has 1 unspecified atom stereocenters. The van der Waals surface area contributed by atoms with Gasteiger partial charge in [0.2, 0.25) is 0 Å². The predicted molar refractivity (Wildman–Crippen MR) is 81.4 cm³/mol. The molecular formula is C15H22ClN3. The number of halogens is 1. The zero-order chi connectivity index (χ0) is 13.8. The first-order valence-electron chi connectivity index (χ1n) is 6.94.